The lowest BCUT2D eigenvalue weighted by Crippen LogP contribution is -2.39. The van der Waals surface area contributed by atoms with Gasteiger partial charge in [0.15, 0.2) is 0 Å². The van der Waals surface area contributed by atoms with Crippen LogP contribution in [0.3, 0.4) is 0 Å². The first-order valence-corrected chi connectivity index (χ1v) is 11.7. The monoisotopic (exact) mass is 468 g/mol. The quantitative estimate of drug-likeness (QED) is 0.378. The number of nitrogens with zero attached hydrogens (tertiary/aromatic N) is 4. The largest absolute Gasteiger partial charge is 0.424 e. The Kier molecular flexibility index (Phi) is 6.75. The molecule has 1 fully saturated rings. The van der Waals surface area contributed by atoms with Gasteiger partial charge in [0.05, 0.1) is 0 Å². The highest BCUT2D eigenvalue weighted by atomic mass is 19.1. The minimum Gasteiger partial charge on any atom is -0.424 e. The van der Waals surface area contributed by atoms with E-state index in [2.05, 4.69) is 9.97 Å². The Labute approximate surface area is 203 Å². The molecule has 176 valence electrons. The summed E-state index contributed by atoms with van der Waals surface area (Å²) < 4.78 is 19.8. The second-order valence-corrected chi connectivity index (χ2v) is 8.57. The van der Waals surface area contributed by atoms with Crippen LogP contribution in [0.4, 0.5) is 4.39 Å². The van der Waals surface area contributed by atoms with Crippen molar-refractivity contribution in [3.8, 4) is 11.8 Å². The fourth-order valence-electron chi connectivity index (χ4n) is 4.38. The standard InChI is InChI=1S/C28H25FN4O2/c29-25-12-2-1-7-20(25)17-23-10-4-13-26(32-23)22-9-5-16-33(19-22)27(34)21-8-3-11-24(18-21)35-28-30-14-6-15-31-28/h1-4,6-8,10-15,18,22H,5,9,16-17,19H2. The summed E-state index contributed by atoms with van der Waals surface area (Å²) in [4.78, 5) is 28.1. The molecule has 5 rings (SSSR count). The predicted molar refractivity (Wildman–Crippen MR) is 130 cm³/mol. The highest BCUT2D eigenvalue weighted by Crippen LogP contribution is 2.28. The van der Waals surface area contributed by atoms with E-state index >= 15 is 0 Å². The number of hydrogen-bond acceptors (Lipinski definition) is 5. The second kappa shape index (κ2) is 10.4. The third kappa shape index (κ3) is 5.51. The number of piperidine rings is 1. The van der Waals surface area contributed by atoms with E-state index in [0.29, 0.717) is 36.4 Å². The summed E-state index contributed by atoms with van der Waals surface area (Å²) in [6.45, 7) is 1.28. The van der Waals surface area contributed by atoms with Crippen molar-refractivity contribution in [2.75, 3.05) is 13.1 Å². The molecule has 1 amide bonds. The molecule has 0 saturated carbocycles. The van der Waals surface area contributed by atoms with Crippen molar-refractivity contribution < 1.29 is 13.9 Å². The first-order chi connectivity index (χ1) is 17.2. The third-order valence-corrected chi connectivity index (χ3v) is 6.12. The first-order valence-electron chi connectivity index (χ1n) is 11.7. The zero-order valence-electron chi connectivity index (χ0n) is 19.2. The van der Waals surface area contributed by atoms with Crippen LogP contribution in [0.2, 0.25) is 0 Å². The van der Waals surface area contributed by atoms with Gasteiger partial charge in [-0.3, -0.25) is 9.78 Å². The molecule has 0 radical (unpaired) electrons. The van der Waals surface area contributed by atoms with Crippen molar-refractivity contribution in [1.82, 2.24) is 19.9 Å². The molecule has 0 bridgehead atoms. The smallest absolute Gasteiger partial charge is 0.321 e. The summed E-state index contributed by atoms with van der Waals surface area (Å²) in [6, 6.07) is 21.7. The number of pyridine rings is 1. The van der Waals surface area contributed by atoms with Crippen LogP contribution in [-0.2, 0) is 6.42 Å². The van der Waals surface area contributed by atoms with E-state index in [9.17, 15) is 9.18 Å². The van der Waals surface area contributed by atoms with Crippen LogP contribution < -0.4 is 4.74 Å². The molecule has 0 N–H and O–H groups in total. The molecule has 7 heteroatoms. The molecule has 2 aromatic heterocycles. The Morgan fingerprint density at radius 3 is 2.69 bits per heavy atom. The molecule has 4 aromatic rings. The Hall–Kier alpha value is -4.13. The van der Waals surface area contributed by atoms with Crippen molar-refractivity contribution in [3.05, 3.63) is 114 Å². The average Bonchev–Trinajstić information content (AvgIpc) is 2.91. The summed E-state index contributed by atoms with van der Waals surface area (Å²) in [6.07, 6.45) is 5.49. The van der Waals surface area contributed by atoms with E-state index in [-0.39, 0.29) is 23.7 Å². The Bertz CT molecular complexity index is 1320. The van der Waals surface area contributed by atoms with E-state index in [1.165, 1.54) is 6.07 Å². The molecule has 0 spiro atoms. The zero-order chi connectivity index (χ0) is 24.0. The van der Waals surface area contributed by atoms with Gasteiger partial charge < -0.3 is 9.64 Å². The van der Waals surface area contributed by atoms with E-state index < -0.39 is 0 Å². The molecule has 2 aromatic carbocycles. The number of likely N-dealkylation sites (tertiary alicyclic amines) is 1. The molecule has 3 heterocycles. The van der Waals surface area contributed by atoms with E-state index in [1.807, 2.05) is 29.2 Å². The van der Waals surface area contributed by atoms with E-state index in [4.69, 9.17) is 9.72 Å². The maximum absolute atomic E-state index is 14.1. The van der Waals surface area contributed by atoms with Crippen molar-refractivity contribution in [3.63, 3.8) is 0 Å². The average molecular weight is 469 g/mol. The van der Waals surface area contributed by atoms with Gasteiger partial charge in [-0.15, -0.1) is 0 Å². The third-order valence-electron chi connectivity index (χ3n) is 6.12. The van der Waals surface area contributed by atoms with Gasteiger partial charge in [-0.2, -0.15) is 0 Å². The Morgan fingerprint density at radius 1 is 1.00 bits per heavy atom. The normalized spacial score (nSPS) is 15.6. The molecule has 1 saturated heterocycles. The van der Waals surface area contributed by atoms with Crippen molar-refractivity contribution in [1.29, 1.82) is 0 Å². The minimum atomic E-state index is -0.223. The highest BCUT2D eigenvalue weighted by Gasteiger charge is 2.26. The van der Waals surface area contributed by atoms with Crippen LogP contribution in [0, 0.1) is 5.82 Å². The maximum atomic E-state index is 14.1. The van der Waals surface area contributed by atoms with Gasteiger partial charge in [0, 0.05) is 54.8 Å². The van der Waals surface area contributed by atoms with Crippen LogP contribution in [0.1, 0.15) is 46.1 Å². The fraction of sp³-hybridized carbons (Fsp3) is 0.214. The van der Waals surface area contributed by atoms with Crippen LogP contribution >= 0.6 is 0 Å². The van der Waals surface area contributed by atoms with Gasteiger partial charge in [-0.1, -0.05) is 30.3 Å². The molecule has 0 aliphatic carbocycles. The van der Waals surface area contributed by atoms with Gasteiger partial charge in [-0.05, 0) is 60.9 Å². The first kappa shape index (κ1) is 22.7. The number of ether oxygens (including phenoxy) is 1. The summed E-state index contributed by atoms with van der Waals surface area (Å²) in [5.74, 6) is 0.374. The summed E-state index contributed by atoms with van der Waals surface area (Å²) in [7, 11) is 0. The van der Waals surface area contributed by atoms with E-state index in [1.54, 1.807) is 54.9 Å². The molecule has 1 unspecified atom stereocenters. The molecule has 1 aliphatic rings. The number of aromatic nitrogens is 3. The van der Waals surface area contributed by atoms with Gasteiger partial charge in [0.25, 0.3) is 5.91 Å². The van der Waals surface area contributed by atoms with Crippen LogP contribution in [-0.4, -0.2) is 38.8 Å². The maximum Gasteiger partial charge on any atom is 0.321 e. The lowest BCUT2D eigenvalue weighted by atomic mass is 9.93. The van der Waals surface area contributed by atoms with Crippen molar-refractivity contribution in [2.45, 2.75) is 25.2 Å². The summed E-state index contributed by atoms with van der Waals surface area (Å²) in [5, 5.41) is 0. The number of hydrogen-bond donors (Lipinski definition) is 0. The van der Waals surface area contributed by atoms with Crippen LogP contribution in [0.5, 0.6) is 11.8 Å². The Morgan fingerprint density at radius 2 is 1.83 bits per heavy atom. The fourth-order valence-corrected chi connectivity index (χ4v) is 4.38. The van der Waals surface area contributed by atoms with Gasteiger partial charge in [-0.25, -0.2) is 14.4 Å². The molecule has 6 nitrogen and oxygen atoms in total. The zero-order valence-corrected chi connectivity index (χ0v) is 19.2. The number of amides is 1. The number of halogens is 1. The molecule has 1 atom stereocenters. The molecule has 1 aliphatic heterocycles. The molecular weight excluding hydrogens is 443 g/mol. The van der Waals surface area contributed by atoms with Gasteiger partial charge in [0.2, 0.25) is 0 Å². The van der Waals surface area contributed by atoms with Gasteiger partial charge >= 0.3 is 6.01 Å². The lowest BCUT2D eigenvalue weighted by molar-refractivity contribution is 0.0705. The highest BCUT2D eigenvalue weighted by molar-refractivity contribution is 5.94. The number of benzene rings is 2. The van der Waals surface area contributed by atoms with Crippen molar-refractivity contribution >= 4 is 5.91 Å². The molecular formula is C28H25FN4O2. The van der Waals surface area contributed by atoms with Crippen molar-refractivity contribution in [2.24, 2.45) is 0 Å². The second-order valence-electron chi connectivity index (χ2n) is 8.57. The Balaban J connectivity index is 1.28. The number of carbonyl (C=O) groups excluding carboxylic acids is 1. The molecule has 35 heavy (non-hydrogen) atoms. The summed E-state index contributed by atoms with van der Waals surface area (Å²) in [5.41, 5.74) is 2.94. The summed E-state index contributed by atoms with van der Waals surface area (Å²) >= 11 is 0. The van der Waals surface area contributed by atoms with Crippen LogP contribution in [0.15, 0.2) is 85.2 Å². The van der Waals surface area contributed by atoms with E-state index in [0.717, 1.165) is 24.2 Å². The predicted octanol–water partition coefficient (Wildman–Crippen LogP) is 5.41. The van der Waals surface area contributed by atoms with Crippen LogP contribution in [0.25, 0.3) is 0 Å². The number of rotatable bonds is 6. The number of carbonyl (C=O) groups is 1. The SMILES string of the molecule is O=C(c1cccc(Oc2ncccn2)c1)N1CCCC(c2cccc(Cc3ccccc3F)n2)C1. The minimum absolute atomic E-state index is 0.0448. The topological polar surface area (TPSA) is 68.2 Å². The lowest BCUT2D eigenvalue weighted by Gasteiger charge is -2.32. The van der Waals surface area contributed by atoms with Gasteiger partial charge in [0.1, 0.15) is 11.6 Å².